The lowest BCUT2D eigenvalue weighted by atomic mass is 9.97. The molecule has 0 fully saturated rings. The molecule has 0 aliphatic rings. The Bertz CT molecular complexity index is 450. The van der Waals surface area contributed by atoms with Gasteiger partial charge in [0.2, 0.25) is 0 Å². The van der Waals surface area contributed by atoms with Crippen LogP contribution in [0, 0.1) is 5.92 Å². The molecule has 3 heteroatoms. The summed E-state index contributed by atoms with van der Waals surface area (Å²) in [5.74, 6) is 0.660. The smallest absolute Gasteiger partial charge is 0.0314 e. The van der Waals surface area contributed by atoms with Gasteiger partial charge in [-0.1, -0.05) is 46.3 Å². The molecule has 0 saturated heterocycles. The summed E-state index contributed by atoms with van der Waals surface area (Å²) in [6.45, 7) is 0. The maximum Gasteiger partial charge on any atom is 0.0314 e. The molecule has 1 unspecified atom stereocenters. The lowest BCUT2D eigenvalue weighted by Crippen LogP contribution is -2.09. The Morgan fingerprint density at radius 3 is 2.41 bits per heavy atom. The third-order valence-electron chi connectivity index (χ3n) is 2.75. The highest BCUT2D eigenvalue weighted by Crippen LogP contribution is 2.27. The van der Waals surface area contributed by atoms with Gasteiger partial charge in [0, 0.05) is 14.7 Å². The van der Waals surface area contributed by atoms with Crippen molar-refractivity contribution in [3.8, 4) is 0 Å². The van der Waals surface area contributed by atoms with Crippen LogP contribution in [0.3, 0.4) is 0 Å². The van der Waals surface area contributed by atoms with E-state index in [1.54, 1.807) is 0 Å². The molecule has 1 aromatic carbocycles. The molecule has 90 valence electrons. The summed E-state index contributed by atoms with van der Waals surface area (Å²) in [5, 5.41) is 3.19. The predicted molar refractivity (Wildman–Crippen MR) is 83.2 cm³/mol. The Balaban J connectivity index is 2.00. The number of thiophene rings is 1. The van der Waals surface area contributed by atoms with Crippen LogP contribution in [-0.2, 0) is 12.8 Å². The van der Waals surface area contributed by atoms with E-state index in [-0.39, 0.29) is 0 Å². The first-order valence-corrected chi connectivity index (χ1v) is 8.40. The van der Waals surface area contributed by atoms with Gasteiger partial charge in [0.15, 0.2) is 0 Å². The molecule has 0 aliphatic carbocycles. The normalized spacial score (nSPS) is 12.6. The number of alkyl halides is 1. The number of benzene rings is 1. The average Bonchev–Trinajstić information content (AvgIpc) is 2.75. The van der Waals surface area contributed by atoms with E-state index in [2.05, 4.69) is 73.6 Å². The summed E-state index contributed by atoms with van der Waals surface area (Å²) in [5.41, 5.74) is 1.42. The highest BCUT2D eigenvalue weighted by Gasteiger charge is 2.12. The molecule has 0 bridgehead atoms. The minimum Gasteiger partial charge on any atom is -0.148 e. The maximum absolute atomic E-state index is 3.63. The fourth-order valence-corrected chi connectivity index (χ4v) is 3.95. The fourth-order valence-electron chi connectivity index (χ4n) is 1.86. The number of hydrogen-bond acceptors (Lipinski definition) is 1. The molecule has 0 spiro atoms. The summed E-state index contributed by atoms with van der Waals surface area (Å²) in [6.07, 6.45) is 2.27. The predicted octanol–water partition coefficient (Wildman–Crippen LogP) is 5.31. The van der Waals surface area contributed by atoms with Gasteiger partial charge in [-0.2, -0.15) is 0 Å². The molecule has 1 aromatic heterocycles. The average molecular weight is 374 g/mol. The topological polar surface area (TPSA) is 0 Å². The monoisotopic (exact) mass is 372 g/mol. The molecule has 0 N–H and O–H groups in total. The van der Waals surface area contributed by atoms with Crippen LogP contribution >= 0.6 is 43.2 Å². The van der Waals surface area contributed by atoms with Gasteiger partial charge in [-0.25, -0.2) is 0 Å². The van der Waals surface area contributed by atoms with E-state index in [0.29, 0.717) is 5.92 Å². The van der Waals surface area contributed by atoms with Crippen molar-refractivity contribution in [2.45, 2.75) is 12.8 Å². The number of hydrogen-bond donors (Lipinski definition) is 0. The fraction of sp³-hybridized carbons (Fsp3) is 0.286. The van der Waals surface area contributed by atoms with Crippen LogP contribution in [0.25, 0.3) is 0 Å². The first-order valence-electron chi connectivity index (χ1n) is 5.61. The van der Waals surface area contributed by atoms with Crippen molar-refractivity contribution in [3.63, 3.8) is 0 Å². The van der Waals surface area contributed by atoms with Crippen molar-refractivity contribution in [2.24, 2.45) is 5.92 Å². The molecule has 0 saturated carbocycles. The second-order valence-corrected chi connectivity index (χ2v) is 6.61. The van der Waals surface area contributed by atoms with E-state index in [9.17, 15) is 0 Å². The van der Waals surface area contributed by atoms with Crippen LogP contribution in [0.4, 0.5) is 0 Å². The van der Waals surface area contributed by atoms with Gasteiger partial charge in [-0.05, 0) is 51.7 Å². The molecule has 2 rings (SSSR count). The Labute approximate surface area is 123 Å². The van der Waals surface area contributed by atoms with Crippen molar-refractivity contribution in [1.82, 2.24) is 0 Å². The van der Waals surface area contributed by atoms with Gasteiger partial charge in [0.05, 0.1) is 0 Å². The Kier molecular flexibility index (Phi) is 5.26. The van der Waals surface area contributed by atoms with Crippen LogP contribution in [0.5, 0.6) is 0 Å². The summed E-state index contributed by atoms with van der Waals surface area (Å²) < 4.78 is 1.25. The molecule has 0 aliphatic heterocycles. The van der Waals surface area contributed by atoms with Crippen LogP contribution in [0.15, 0.2) is 46.3 Å². The van der Waals surface area contributed by atoms with E-state index in [1.165, 1.54) is 14.9 Å². The van der Waals surface area contributed by atoms with E-state index < -0.39 is 0 Å². The zero-order valence-corrected chi connectivity index (χ0v) is 13.4. The second-order valence-electron chi connectivity index (χ2n) is 4.11. The number of halogens is 2. The first kappa shape index (κ1) is 13.3. The summed E-state index contributed by atoms with van der Waals surface area (Å²) >= 11 is 9.07. The standard InChI is InChI=1S/C14H14Br2S/c15-10-12(8-11-4-2-1-3-5-11)9-14-13(16)6-7-17-14/h1-7,12H,8-10H2. The van der Waals surface area contributed by atoms with Gasteiger partial charge in [-0.15, -0.1) is 11.3 Å². The van der Waals surface area contributed by atoms with Crippen molar-refractivity contribution in [3.05, 3.63) is 56.7 Å². The molecule has 1 atom stereocenters. The van der Waals surface area contributed by atoms with Crippen molar-refractivity contribution in [1.29, 1.82) is 0 Å². The Hall–Kier alpha value is -0.120. The van der Waals surface area contributed by atoms with Crippen LogP contribution in [0.1, 0.15) is 10.4 Å². The molecular formula is C14H14Br2S. The Morgan fingerprint density at radius 2 is 1.82 bits per heavy atom. The molecule has 2 aromatic rings. The minimum absolute atomic E-state index is 0.660. The second kappa shape index (κ2) is 6.72. The SMILES string of the molecule is BrCC(Cc1ccccc1)Cc1sccc1Br. The maximum atomic E-state index is 3.63. The van der Waals surface area contributed by atoms with Crippen LogP contribution < -0.4 is 0 Å². The van der Waals surface area contributed by atoms with Gasteiger partial charge in [0.1, 0.15) is 0 Å². The van der Waals surface area contributed by atoms with E-state index in [1.807, 2.05) is 11.3 Å². The van der Waals surface area contributed by atoms with Crippen LogP contribution in [-0.4, -0.2) is 5.33 Å². The summed E-state index contributed by atoms with van der Waals surface area (Å²) in [4.78, 5) is 1.45. The van der Waals surface area contributed by atoms with Crippen molar-refractivity contribution < 1.29 is 0 Å². The number of rotatable bonds is 5. The van der Waals surface area contributed by atoms with Gasteiger partial charge in [0.25, 0.3) is 0 Å². The highest BCUT2D eigenvalue weighted by molar-refractivity contribution is 9.10. The van der Waals surface area contributed by atoms with Crippen molar-refractivity contribution in [2.75, 3.05) is 5.33 Å². The third kappa shape index (κ3) is 3.94. The molecule has 0 amide bonds. The zero-order chi connectivity index (χ0) is 12.1. The molecule has 17 heavy (non-hydrogen) atoms. The lowest BCUT2D eigenvalue weighted by Gasteiger charge is -2.13. The summed E-state index contributed by atoms with van der Waals surface area (Å²) in [6, 6.07) is 12.8. The summed E-state index contributed by atoms with van der Waals surface area (Å²) in [7, 11) is 0. The highest BCUT2D eigenvalue weighted by atomic mass is 79.9. The molecular weight excluding hydrogens is 360 g/mol. The van der Waals surface area contributed by atoms with E-state index in [4.69, 9.17) is 0 Å². The largest absolute Gasteiger partial charge is 0.148 e. The quantitative estimate of drug-likeness (QED) is 0.623. The van der Waals surface area contributed by atoms with E-state index in [0.717, 1.165) is 18.2 Å². The van der Waals surface area contributed by atoms with Gasteiger partial charge in [-0.3, -0.25) is 0 Å². The van der Waals surface area contributed by atoms with Crippen LogP contribution in [0.2, 0.25) is 0 Å². The third-order valence-corrected chi connectivity index (χ3v) is 5.61. The first-order chi connectivity index (χ1) is 8.29. The zero-order valence-electron chi connectivity index (χ0n) is 9.40. The van der Waals surface area contributed by atoms with Gasteiger partial charge >= 0.3 is 0 Å². The molecule has 0 nitrogen and oxygen atoms in total. The molecule has 0 radical (unpaired) electrons. The molecule has 1 heterocycles. The van der Waals surface area contributed by atoms with Crippen molar-refractivity contribution >= 4 is 43.2 Å². The van der Waals surface area contributed by atoms with E-state index >= 15 is 0 Å². The van der Waals surface area contributed by atoms with Gasteiger partial charge < -0.3 is 0 Å². The Morgan fingerprint density at radius 1 is 1.06 bits per heavy atom. The lowest BCUT2D eigenvalue weighted by molar-refractivity contribution is 0.595. The minimum atomic E-state index is 0.660.